The predicted octanol–water partition coefficient (Wildman–Crippen LogP) is 2.85. The number of fused-ring (bicyclic) bond motifs is 5. The minimum absolute atomic E-state index is 0.114. The van der Waals surface area contributed by atoms with Crippen LogP contribution in [0.15, 0.2) is 60.8 Å². The Morgan fingerprint density at radius 3 is 2.65 bits per heavy atom. The highest BCUT2D eigenvalue weighted by atomic mass is 16.6. The Balaban J connectivity index is 1.74. The van der Waals surface area contributed by atoms with Crippen LogP contribution >= 0.6 is 0 Å². The molecule has 0 saturated carbocycles. The van der Waals surface area contributed by atoms with Crippen molar-refractivity contribution >= 4 is 17.4 Å². The molecule has 2 aromatic carbocycles. The van der Waals surface area contributed by atoms with E-state index in [4.69, 9.17) is 10.5 Å². The second-order valence-electron chi connectivity index (χ2n) is 8.17. The fourth-order valence-corrected chi connectivity index (χ4v) is 4.48. The van der Waals surface area contributed by atoms with E-state index in [0.29, 0.717) is 11.3 Å². The van der Waals surface area contributed by atoms with Crippen LogP contribution < -0.4 is 15.8 Å². The van der Waals surface area contributed by atoms with Crippen molar-refractivity contribution in [2.24, 2.45) is 0 Å². The normalized spacial score (nSPS) is 23.2. The van der Waals surface area contributed by atoms with E-state index in [1.165, 1.54) is 12.3 Å². The molecular formula is C24H21N3O4. The maximum Gasteiger partial charge on any atom is 0.271 e. The third kappa shape index (κ3) is 2.41. The largest absolute Gasteiger partial charge is 0.454 e. The second-order valence-corrected chi connectivity index (χ2v) is 8.17. The third-order valence-corrected chi connectivity index (χ3v) is 6.07. The number of rotatable bonds is 3. The van der Waals surface area contributed by atoms with Crippen LogP contribution in [0.3, 0.4) is 0 Å². The van der Waals surface area contributed by atoms with Crippen LogP contribution in [-0.2, 0) is 11.3 Å². The zero-order valence-corrected chi connectivity index (χ0v) is 17.0. The van der Waals surface area contributed by atoms with Crippen molar-refractivity contribution in [1.29, 1.82) is 0 Å². The fourth-order valence-electron chi connectivity index (χ4n) is 4.48. The zero-order valence-electron chi connectivity index (χ0n) is 17.0. The number of carbonyl (C=O) groups excluding carboxylic acids is 2. The van der Waals surface area contributed by atoms with Gasteiger partial charge in [0, 0.05) is 23.0 Å². The molecule has 7 nitrogen and oxygen atoms in total. The first kappa shape index (κ1) is 19.3. The summed E-state index contributed by atoms with van der Waals surface area (Å²) in [6, 6.07) is 15.1. The van der Waals surface area contributed by atoms with E-state index < -0.39 is 23.0 Å². The number of amides is 1. The number of nitrogens with zero attached hydrogens (tertiary/aromatic N) is 1. The van der Waals surface area contributed by atoms with Gasteiger partial charge in [-0.25, -0.2) is 0 Å². The van der Waals surface area contributed by atoms with Gasteiger partial charge in [0.25, 0.3) is 11.7 Å². The number of hydrogen-bond donors (Lipinski definition) is 3. The molecule has 2 atom stereocenters. The van der Waals surface area contributed by atoms with Crippen molar-refractivity contribution in [2.75, 3.05) is 5.73 Å². The number of Topliss-reactive ketones (excluding diaryl/α,β-unsaturated/α-hetero) is 1. The van der Waals surface area contributed by atoms with Crippen molar-refractivity contribution in [3.8, 4) is 5.75 Å². The Morgan fingerprint density at radius 1 is 1.13 bits per heavy atom. The van der Waals surface area contributed by atoms with Gasteiger partial charge in [-0.2, -0.15) is 0 Å². The molecule has 4 N–H and O–H groups in total. The minimum atomic E-state index is -2.14. The molecule has 0 spiro atoms. The second kappa shape index (κ2) is 6.39. The first-order chi connectivity index (χ1) is 14.8. The van der Waals surface area contributed by atoms with E-state index in [9.17, 15) is 14.7 Å². The average Bonchev–Trinajstić information content (AvgIpc) is 3.12. The van der Waals surface area contributed by atoms with E-state index in [-0.39, 0.29) is 28.4 Å². The molecule has 7 heteroatoms. The fraction of sp³-hybridized carbons (Fsp3) is 0.208. The van der Waals surface area contributed by atoms with Gasteiger partial charge >= 0.3 is 0 Å². The van der Waals surface area contributed by atoms with Crippen LogP contribution in [0.5, 0.6) is 5.75 Å². The summed E-state index contributed by atoms with van der Waals surface area (Å²) < 4.78 is 6.05. The van der Waals surface area contributed by atoms with Crippen LogP contribution in [0.25, 0.3) is 0 Å². The van der Waals surface area contributed by atoms with Crippen LogP contribution in [0, 0.1) is 0 Å². The molecule has 1 amide bonds. The molecule has 3 aromatic rings. The van der Waals surface area contributed by atoms with Crippen molar-refractivity contribution in [3.63, 3.8) is 0 Å². The predicted molar refractivity (Wildman–Crippen MR) is 114 cm³/mol. The number of ketones is 1. The SMILES string of the molecule is CC(C)c1ccc2c(c1)OC1(O)c3cccc(N)c3C(=O)C21NC(=O)c1ccccn1. The minimum Gasteiger partial charge on any atom is -0.454 e. The summed E-state index contributed by atoms with van der Waals surface area (Å²) >= 11 is 0. The number of nitrogen functional groups attached to an aromatic ring is 1. The van der Waals surface area contributed by atoms with Crippen LogP contribution in [0.1, 0.15) is 57.3 Å². The molecule has 156 valence electrons. The van der Waals surface area contributed by atoms with Gasteiger partial charge < -0.3 is 20.9 Å². The molecule has 0 bridgehead atoms. The Labute approximate surface area is 178 Å². The summed E-state index contributed by atoms with van der Waals surface area (Å²) in [5.74, 6) is -2.72. The smallest absolute Gasteiger partial charge is 0.271 e. The molecule has 1 aliphatic heterocycles. The van der Waals surface area contributed by atoms with Crippen LogP contribution in [0.4, 0.5) is 5.69 Å². The van der Waals surface area contributed by atoms with Gasteiger partial charge in [-0.15, -0.1) is 0 Å². The maximum absolute atomic E-state index is 13.8. The van der Waals surface area contributed by atoms with Gasteiger partial charge in [0.2, 0.25) is 11.3 Å². The van der Waals surface area contributed by atoms with Crippen molar-refractivity contribution < 1.29 is 19.4 Å². The lowest BCUT2D eigenvalue weighted by atomic mass is 9.82. The summed E-state index contributed by atoms with van der Waals surface area (Å²) in [5.41, 5.74) is 6.26. The lowest BCUT2D eigenvalue weighted by Gasteiger charge is -2.34. The molecule has 0 saturated heterocycles. The maximum atomic E-state index is 13.8. The molecule has 5 rings (SSSR count). The van der Waals surface area contributed by atoms with Gasteiger partial charge in [0.1, 0.15) is 11.4 Å². The Kier molecular flexibility index (Phi) is 3.97. The first-order valence-corrected chi connectivity index (χ1v) is 10.0. The molecular weight excluding hydrogens is 394 g/mol. The molecule has 1 aliphatic carbocycles. The summed E-state index contributed by atoms with van der Waals surface area (Å²) in [4.78, 5) is 31.0. The van der Waals surface area contributed by atoms with E-state index >= 15 is 0 Å². The van der Waals surface area contributed by atoms with Crippen LogP contribution in [0.2, 0.25) is 0 Å². The highest BCUT2D eigenvalue weighted by Gasteiger charge is 2.72. The Bertz CT molecular complexity index is 1240. The molecule has 0 radical (unpaired) electrons. The number of benzene rings is 2. The number of hydrogen-bond acceptors (Lipinski definition) is 6. The molecule has 31 heavy (non-hydrogen) atoms. The number of pyridine rings is 1. The Hall–Kier alpha value is -3.71. The summed E-state index contributed by atoms with van der Waals surface area (Å²) in [7, 11) is 0. The number of aliphatic hydroxyl groups is 1. The van der Waals surface area contributed by atoms with Crippen molar-refractivity contribution in [1.82, 2.24) is 10.3 Å². The number of aromatic nitrogens is 1. The number of carbonyl (C=O) groups is 2. The third-order valence-electron chi connectivity index (χ3n) is 6.07. The zero-order chi connectivity index (χ0) is 22.0. The number of anilines is 1. The van der Waals surface area contributed by atoms with Crippen molar-refractivity contribution in [2.45, 2.75) is 31.1 Å². The highest BCUT2D eigenvalue weighted by molar-refractivity contribution is 6.15. The van der Waals surface area contributed by atoms with E-state index in [2.05, 4.69) is 10.3 Å². The van der Waals surface area contributed by atoms with Crippen molar-refractivity contribution in [3.05, 3.63) is 88.7 Å². The van der Waals surface area contributed by atoms with Gasteiger partial charge in [0.15, 0.2) is 0 Å². The van der Waals surface area contributed by atoms with E-state index in [1.54, 1.807) is 42.5 Å². The molecule has 2 unspecified atom stereocenters. The van der Waals surface area contributed by atoms with Crippen LogP contribution in [-0.4, -0.2) is 21.8 Å². The molecule has 2 aliphatic rings. The van der Waals surface area contributed by atoms with Gasteiger partial charge in [-0.3, -0.25) is 14.6 Å². The van der Waals surface area contributed by atoms with Gasteiger partial charge in [-0.1, -0.05) is 44.2 Å². The lowest BCUT2D eigenvalue weighted by molar-refractivity contribution is -0.169. The topological polar surface area (TPSA) is 115 Å². The highest BCUT2D eigenvalue weighted by Crippen LogP contribution is 2.59. The number of nitrogens with two attached hydrogens (primary N) is 1. The van der Waals surface area contributed by atoms with Gasteiger partial charge in [-0.05, 0) is 35.7 Å². The number of ether oxygens (including phenoxy) is 1. The Morgan fingerprint density at radius 2 is 1.94 bits per heavy atom. The molecule has 0 fully saturated rings. The molecule has 1 aromatic heterocycles. The molecule has 2 heterocycles. The standard InChI is InChI=1S/C24H21N3O4/c1-13(2)14-9-10-15-19(12-14)31-24(30)16-6-5-7-17(25)20(16)21(28)23(15,24)27-22(29)18-8-3-4-11-26-18/h3-13,30H,25H2,1-2H3,(H,27,29). The first-order valence-electron chi connectivity index (χ1n) is 10.0. The summed E-state index contributed by atoms with van der Waals surface area (Å²) in [6.45, 7) is 4.07. The monoisotopic (exact) mass is 415 g/mol. The number of nitrogens with one attached hydrogen (secondary N) is 1. The summed E-state index contributed by atoms with van der Waals surface area (Å²) in [6.07, 6.45) is 1.48. The summed E-state index contributed by atoms with van der Waals surface area (Å²) in [5, 5.41) is 14.6. The van der Waals surface area contributed by atoms with Gasteiger partial charge in [0.05, 0.1) is 5.56 Å². The quantitative estimate of drug-likeness (QED) is 0.567. The lowest BCUT2D eigenvalue weighted by Crippen LogP contribution is -2.60. The average molecular weight is 415 g/mol. The van der Waals surface area contributed by atoms with E-state index in [0.717, 1.165) is 5.56 Å². The van der Waals surface area contributed by atoms with E-state index in [1.807, 2.05) is 19.9 Å².